The molecule has 0 bridgehead atoms. The highest BCUT2D eigenvalue weighted by atomic mass is 32.2. The summed E-state index contributed by atoms with van der Waals surface area (Å²) >= 11 is 0. The minimum atomic E-state index is -3.58. The molecule has 16 heavy (non-hydrogen) atoms. The molecule has 0 N–H and O–H groups in total. The highest BCUT2D eigenvalue weighted by molar-refractivity contribution is 7.86. The van der Waals surface area contributed by atoms with Crippen LogP contribution in [0.2, 0.25) is 0 Å². The van der Waals surface area contributed by atoms with Crippen LogP contribution in [0.3, 0.4) is 0 Å². The second-order valence-electron chi connectivity index (χ2n) is 3.90. The van der Waals surface area contributed by atoms with Crippen LogP contribution in [0.15, 0.2) is 23.1 Å². The lowest BCUT2D eigenvalue weighted by molar-refractivity contribution is 0.310. The van der Waals surface area contributed by atoms with E-state index in [1.165, 1.54) is 0 Å². The lowest BCUT2D eigenvalue weighted by atomic mass is 10.2. The molecular weight excluding hydrogens is 224 g/mol. The summed E-state index contributed by atoms with van der Waals surface area (Å²) in [5, 5.41) is 0. The van der Waals surface area contributed by atoms with Crippen molar-refractivity contribution >= 4 is 10.1 Å². The van der Waals surface area contributed by atoms with Gasteiger partial charge in [0.1, 0.15) is 0 Å². The van der Waals surface area contributed by atoms with Gasteiger partial charge in [0.2, 0.25) is 0 Å². The zero-order chi connectivity index (χ0) is 12.2. The van der Waals surface area contributed by atoms with Crippen molar-refractivity contribution in [2.75, 3.05) is 6.61 Å². The fourth-order valence-electron chi connectivity index (χ4n) is 1.46. The normalized spacial score (nSPS) is 11.7. The van der Waals surface area contributed by atoms with Gasteiger partial charge in [-0.05, 0) is 31.9 Å². The fourth-order valence-corrected chi connectivity index (χ4v) is 2.61. The van der Waals surface area contributed by atoms with Gasteiger partial charge < -0.3 is 0 Å². The number of unbranched alkanes of at least 4 members (excludes halogenated alkanes) is 1. The Kier molecular flexibility index (Phi) is 4.50. The first-order chi connectivity index (χ1) is 7.47. The van der Waals surface area contributed by atoms with Gasteiger partial charge in [-0.2, -0.15) is 8.42 Å². The van der Waals surface area contributed by atoms with Gasteiger partial charge in [0, 0.05) is 0 Å². The Morgan fingerprint density at radius 3 is 2.50 bits per heavy atom. The van der Waals surface area contributed by atoms with Gasteiger partial charge in [-0.1, -0.05) is 31.0 Å². The Bertz CT molecular complexity index is 449. The molecule has 0 heterocycles. The van der Waals surface area contributed by atoms with E-state index >= 15 is 0 Å². The molecule has 0 fully saturated rings. The van der Waals surface area contributed by atoms with E-state index in [4.69, 9.17) is 4.18 Å². The Morgan fingerprint density at radius 1 is 1.25 bits per heavy atom. The molecule has 1 aromatic carbocycles. The molecule has 0 aliphatic heterocycles. The van der Waals surface area contributed by atoms with E-state index in [0.29, 0.717) is 0 Å². The topological polar surface area (TPSA) is 43.4 Å². The van der Waals surface area contributed by atoms with E-state index in [9.17, 15) is 8.42 Å². The smallest absolute Gasteiger partial charge is 0.266 e. The molecule has 0 aliphatic carbocycles. The molecule has 0 spiro atoms. The summed E-state index contributed by atoms with van der Waals surface area (Å²) in [6.45, 7) is 5.96. The summed E-state index contributed by atoms with van der Waals surface area (Å²) in [6, 6.07) is 5.23. The molecule has 0 amide bonds. The van der Waals surface area contributed by atoms with Gasteiger partial charge >= 0.3 is 0 Å². The van der Waals surface area contributed by atoms with Gasteiger partial charge in [-0.15, -0.1) is 0 Å². The molecule has 1 aromatic rings. The van der Waals surface area contributed by atoms with Gasteiger partial charge in [-0.3, -0.25) is 4.18 Å². The molecule has 90 valence electrons. The average Bonchev–Trinajstić information content (AvgIpc) is 2.17. The number of hydrogen-bond donors (Lipinski definition) is 0. The molecule has 1 rings (SSSR count). The number of hydrogen-bond acceptors (Lipinski definition) is 3. The van der Waals surface area contributed by atoms with Crippen LogP contribution in [-0.4, -0.2) is 15.0 Å². The first kappa shape index (κ1) is 13.2. The predicted molar refractivity (Wildman–Crippen MR) is 64.0 cm³/mol. The lowest BCUT2D eigenvalue weighted by Gasteiger charge is -2.08. The molecule has 0 saturated carbocycles. The van der Waals surface area contributed by atoms with Gasteiger partial charge in [0.15, 0.2) is 0 Å². The van der Waals surface area contributed by atoms with Crippen LogP contribution in [0, 0.1) is 13.8 Å². The number of aryl methyl sites for hydroxylation is 2. The maximum atomic E-state index is 11.8. The third-order valence-electron chi connectivity index (χ3n) is 2.34. The zero-order valence-corrected chi connectivity index (χ0v) is 10.8. The maximum Gasteiger partial charge on any atom is 0.297 e. The SMILES string of the molecule is CCCCOS(=O)(=O)c1ccc(C)cc1C. The molecule has 0 aromatic heterocycles. The average molecular weight is 242 g/mol. The monoisotopic (exact) mass is 242 g/mol. The van der Waals surface area contributed by atoms with Crippen LogP contribution in [-0.2, 0) is 14.3 Å². The summed E-state index contributed by atoms with van der Waals surface area (Å²) in [5.41, 5.74) is 1.78. The van der Waals surface area contributed by atoms with Crippen LogP contribution in [0.4, 0.5) is 0 Å². The minimum Gasteiger partial charge on any atom is -0.266 e. The van der Waals surface area contributed by atoms with Crippen LogP contribution in [0.25, 0.3) is 0 Å². The maximum absolute atomic E-state index is 11.8. The third-order valence-corrected chi connectivity index (χ3v) is 3.81. The first-order valence-corrected chi connectivity index (χ1v) is 6.85. The lowest BCUT2D eigenvalue weighted by Crippen LogP contribution is -2.09. The van der Waals surface area contributed by atoms with Crippen molar-refractivity contribution in [1.82, 2.24) is 0 Å². The molecule has 4 heteroatoms. The molecule has 0 saturated heterocycles. The number of rotatable bonds is 5. The zero-order valence-electron chi connectivity index (χ0n) is 9.99. The van der Waals surface area contributed by atoms with E-state index in [-0.39, 0.29) is 11.5 Å². The van der Waals surface area contributed by atoms with Crippen LogP contribution in [0.5, 0.6) is 0 Å². The second kappa shape index (κ2) is 5.46. The molecule has 0 radical (unpaired) electrons. The van der Waals surface area contributed by atoms with Crippen molar-refractivity contribution in [1.29, 1.82) is 0 Å². The first-order valence-electron chi connectivity index (χ1n) is 5.44. The molecular formula is C12H18O3S. The minimum absolute atomic E-state index is 0.256. The van der Waals surface area contributed by atoms with Crippen molar-refractivity contribution < 1.29 is 12.6 Å². The summed E-state index contributed by atoms with van der Waals surface area (Å²) in [5.74, 6) is 0. The Balaban J connectivity index is 2.90. The fraction of sp³-hybridized carbons (Fsp3) is 0.500. The third kappa shape index (κ3) is 3.32. The molecule has 0 unspecified atom stereocenters. The highest BCUT2D eigenvalue weighted by Crippen LogP contribution is 2.18. The largest absolute Gasteiger partial charge is 0.297 e. The number of benzene rings is 1. The molecule has 0 atom stereocenters. The Morgan fingerprint density at radius 2 is 1.94 bits per heavy atom. The summed E-state index contributed by atoms with van der Waals surface area (Å²) < 4.78 is 28.6. The Hall–Kier alpha value is -0.870. The van der Waals surface area contributed by atoms with E-state index in [1.54, 1.807) is 19.1 Å². The van der Waals surface area contributed by atoms with E-state index in [0.717, 1.165) is 24.0 Å². The van der Waals surface area contributed by atoms with E-state index in [1.807, 2.05) is 19.9 Å². The van der Waals surface area contributed by atoms with Crippen molar-refractivity contribution in [2.45, 2.75) is 38.5 Å². The van der Waals surface area contributed by atoms with Crippen LogP contribution in [0.1, 0.15) is 30.9 Å². The highest BCUT2D eigenvalue weighted by Gasteiger charge is 2.17. The molecule has 0 aliphatic rings. The van der Waals surface area contributed by atoms with Gasteiger partial charge in [-0.25, -0.2) is 0 Å². The summed E-state index contributed by atoms with van der Waals surface area (Å²) in [6.07, 6.45) is 1.67. The van der Waals surface area contributed by atoms with Crippen LogP contribution >= 0.6 is 0 Å². The molecule has 3 nitrogen and oxygen atoms in total. The van der Waals surface area contributed by atoms with Crippen LogP contribution < -0.4 is 0 Å². The van der Waals surface area contributed by atoms with Crippen molar-refractivity contribution in [3.05, 3.63) is 29.3 Å². The predicted octanol–water partition coefficient (Wildman–Crippen LogP) is 2.81. The van der Waals surface area contributed by atoms with Crippen molar-refractivity contribution in [3.8, 4) is 0 Å². The Labute approximate surface area is 97.6 Å². The van der Waals surface area contributed by atoms with Crippen molar-refractivity contribution in [2.24, 2.45) is 0 Å². The van der Waals surface area contributed by atoms with Gasteiger partial charge in [0.05, 0.1) is 11.5 Å². The van der Waals surface area contributed by atoms with E-state index < -0.39 is 10.1 Å². The quantitative estimate of drug-likeness (QED) is 0.589. The summed E-state index contributed by atoms with van der Waals surface area (Å²) in [7, 11) is -3.58. The van der Waals surface area contributed by atoms with Gasteiger partial charge in [0.25, 0.3) is 10.1 Å². The van der Waals surface area contributed by atoms with Crippen molar-refractivity contribution in [3.63, 3.8) is 0 Å². The summed E-state index contributed by atoms with van der Waals surface area (Å²) in [4.78, 5) is 0.272. The second-order valence-corrected chi connectivity index (χ2v) is 5.48. The standard InChI is InChI=1S/C12H18O3S/c1-4-5-8-15-16(13,14)12-7-6-10(2)9-11(12)3/h6-7,9H,4-5,8H2,1-3H3. The van der Waals surface area contributed by atoms with E-state index in [2.05, 4.69) is 0 Å².